The number of benzene rings is 2. The van der Waals surface area contributed by atoms with Crippen LogP contribution < -0.4 is 5.32 Å². The van der Waals surface area contributed by atoms with E-state index in [0.29, 0.717) is 16.5 Å². The fourth-order valence-corrected chi connectivity index (χ4v) is 3.47. The third kappa shape index (κ3) is 4.07. The van der Waals surface area contributed by atoms with Crippen molar-refractivity contribution in [1.82, 2.24) is 4.98 Å². The molecule has 25 heavy (non-hydrogen) atoms. The van der Waals surface area contributed by atoms with E-state index in [0.717, 1.165) is 5.56 Å². The van der Waals surface area contributed by atoms with Crippen LogP contribution in [0.1, 0.15) is 5.56 Å². The molecule has 6 nitrogen and oxygen atoms in total. The van der Waals surface area contributed by atoms with Crippen molar-refractivity contribution >= 4 is 42.3 Å². The summed E-state index contributed by atoms with van der Waals surface area (Å²) in [6, 6.07) is 13.1. The standard InChI is InChI=1S/C17H13ClN2O4S/c18-25(22,23)16-8-2-5-13-14(16)6-1-7-15(13)20-17(21)24-11-12-4-3-9-19-10-12/h1-10H,11H2,(H,20,21). The zero-order valence-electron chi connectivity index (χ0n) is 12.8. The molecule has 3 aromatic rings. The highest BCUT2D eigenvalue weighted by Crippen LogP contribution is 2.30. The molecule has 0 fully saturated rings. The number of carbonyl (C=O) groups is 1. The summed E-state index contributed by atoms with van der Waals surface area (Å²) in [5, 5.41) is 3.58. The van der Waals surface area contributed by atoms with Crippen molar-refractivity contribution in [2.45, 2.75) is 11.5 Å². The largest absolute Gasteiger partial charge is 0.444 e. The first-order valence-corrected chi connectivity index (χ1v) is 9.55. The Kier molecular flexibility index (Phi) is 4.87. The number of halogens is 1. The lowest BCUT2D eigenvalue weighted by molar-refractivity contribution is 0.155. The Morgan fingerprint density at radius 1 is 1.08 bits per heavy atom. The molecule has 0 aliphatic rings. The molecule has 0 bridgehead atoms. The first-order valence-electron chi connectivity index (χ1n) is 7.24. The highest BCUT2D eigenvalue weighted by Gasteiger charge is 2.16. The number of hydrogen-bond acceptors (Lipinski definition) is 5. The Hall–Kier alpha value is -2.64. The molecule has 3 rings (SSSR count). The van der Waals surface area contributed by atoms with Crippen molar-refractivity contribution in [3.63, 3.8) is 0 Å². The van der Waals surface area contributed by atoms with Crippen LogP contribution >= 0.6 is 10.7 Å². The minimum atomic E-state index is -3.90. The molecule has 0 aliphatic carbocycles. The minimum absolute atomic E-state index is 0.0148. The first kappa shape index (κ1) is 17.2. The average Bonchev–Trinajstić information content (AvgIpc) is 2.60. The maximum absolute atomic E-state index is 12.0. The van der Waals surface area contributed by atoms with Crippen molar-refractivity contribution in [2.75, 3.05) is 5.32 Å². The molecule has 0 saturated heterocycles. The summed E-state index contributed by atoms with van der Waals surface area (Å²) in [4.78, 5) is 15.9. The molecule has 128 valence electrons. The number of hydrogen-bond donors (Lipinski definition) is 1. The number of carbonyl (C=O) groups excluding carboxylic acids is 1. The van der Waals surface area contributed by atoms with E-state index in [4.69, 9.17) is 15.4 Å². The molecule has 1 aromatic heterocycles. The van der Waals surface area contributed by atoms with Crippen molar-refractivity contribution in [3.8, 4) is 0 Å². The fraction of sp³-hybridized carbons (Fsp3) is 0.0588. The highest BCUT2D eigenvalue weighted by molar-refractivity contribution is 8.14. The number of aromatic nitrogens is 1. The second-order valence-corrected chi connectivity index (χ2v) is 7.69. The number of pyridine rings is 1. The zero-order valence-corrected chi connectivity index (χ0v) is 14.4. The first-order chi connectivity index (χ1) is 11.9. The van der Waals surface area contributed by atoms with E-state index in [1.54, 1.807) is 54.9 Å². The lowest BCUT2D eigenvalue weighted by atomic mass is 10.1. The van der Waals surface area contributed by atoms with E-state index >= 15 is 0 Å². The van der Waals surface area contributed by atoms with E-state index in [-0.39, 0.29) is 11.5 Å². The second-order valence-electron chi connectivity index (χ2n) is 5.16. The fourth-order valence-electron chi connectivity index (χ4n) is 2.38. The van der Waals surface area contributed by atoms with Gasteiger partial charge in [0, 0.05) is 39.4 Å². The van der Waals surface area contributed by atoms with Gasteiger partial charge in [0.1, 0.15) is 6.61 Å². The van der Waals surface area contributed by atoms with Gasteiger partial charge < -0.3 is 4.74 Å². The minimum Gasteiger partial charge on any atom is -0.444 e. The molecular formula is C17H13ClN2O4S. The predicted octanol–water partition coefficient (Wildman–Crippen LogP) is 3.91. The van der Waals surface area contributed by atoms with E-state index in [1.807, 2.05) is 0 Å². The quantitative estimate of drug-likeness (QED) is 0.698. The van der Waals surface area contributed by atoms with Crippen LogP contribution in [0.25, 0.3) is 10.8 Å². The molecule has 0 unspecified atom stereocenters. The molecule has 2 aromatic carbocycles. The molecule has 8 heteroatoms. The zero-order chi connectivity index (χ0) is 17.9. The SMILES string of the molecule is O=C(Nc1cccc2c(S(=O)(=O)Cl)cccc12)OCc1cccnc1. The Morgan fingerprint density at radius 3 is 2.56 bits per heavy atom. The summed E-state index contributed by atoms with van der Waals surface area (Å²) < 4.78 is 28.5. The van der Waals surface area contributed by atoms with Crippen molar-refractivity contribution in [3.05, 3.63) is 66.5 Å². The topological polar surface area (TPSA) is 85.4 Å². The smallest absolute Gasteiger partial charge is 0.411 e. The Bertz CT molecular complexity index is 1020. The number of anilines is 1. The summed E-state index contributed by atoms with van der Waals surface area (Å²) in [6.07, 6.45) is 2.57. The predicted molar refractivity (Wildman–Crippen MR) is 95.0 cm³/mol. The van der Waals surface area contributed by atoms with Crippen LogP contribution in [0.5, 0.6) is 0 Å². The monoisotopic (exact) mass is 376 g/mol. The number of ether oxygens (including phenoxy) is 1. The number of rotatable bonds is 4. The Balaban J connectivity index is 1.83. The maximum Gasteiger partial charge on any atom is 0.411 e. The second kappa shape index (κ2) is 7.08. The van der Waals surface area contributed by atoms with Gasteiger partial charge in [0.2, 0.25) is 0 Å². The third-order valence-electron chi connectivity index (χ3n) is 3.47. The molecule has 0 spiro atoms. The molecule has 0 saturated carbocycles. The molecule has 1 amide bonds. The molecule has 1 N–H and O–H groups in total. The molecular weight excluding hydrogens is 364 g/mol. The van der Waals surface area contributed by atoms with Crippen molar-refractivity contribution < 1.29 is 17.9 Å². The lowest BCUT2D eigenvalue weighted by Crippen LogP contribution is -2.13. The Morgan fingerprint density at radius 2 is 1.84 bits per heavy atom. The van der Waals surface area contributed by atoms with Crippen LogP contribution in [-0.4, -0.2) is 19.5 Å². The van der Waals surface area contributed by atoms with Gasteiger partial charge in [-0.25, -0.2) is 13.2 Å². The van der Waals surface area contributed by atoms with E-state index in [9.17, 15) is 13.2 Å². The van der Waals surface area contributed by atoms with E-state index in [2.05, 4.69) is 10.3 Å². The van der Waals surface area contributed by atoms with Gasteiger partial charge in [0.25, 0.3) is 9.05 Å². The van der Waals surface area contributed by atoms with Gasteiger partial charge in [0.15, 0.2) is 0 Å². The van der Waals surface area contributed by atoms with Crippen LogP contribution in [-0.2, 0) is 20.4 Å². The number of fused-ring (bicyclic) bond motifs is 1. The summed E-state index contributed by atoms with van der Waals surface area (Å²) >= 11 is 0. The van der Waals surface area contributed by atoms with Crippen molar-refractivity contribution in [1.29, 1.82) is 0 Å². The van der Waals surface area contributed by atoms with Gasteiger partial charge >= 0.3 is 6.09 Å². The molecule has 0 radical (unpaired) electrons. The Labute approximate surface area is 148 Å². The maximum atomic E-state index is 12.0. The van der Waals surface area contributed by atoms with Gasteiger partial charge in [0.05, 0.1) is 10.6 Å². The van der Waals surface area contributed by atoms with E-state index < -0.39 is 15.1 Å². The number of nitrogens with zero attached hydrogens (tertiary/aromatic N) is 1. The number of amides is 1. The van der Waals surface area contributed by atoms with Crippen LogP contribution in [0.15, 0.2) is 65.8 Å². The van der Waals surface area contributed by atoms with Gasteiger partial charge in [-0.15, -0.1) is 0 Å². The molecule has 0 atom stereocenters. The summed E-state index contributed by atoms with van der Waals surface area (Å²) in [7, 11) is 1.57. The summed E-state index contributed by atoms with van der Waals surface area (Å²) in [5.74, 6) is 0. The van der Waals surface area contributed by atoms with Gasteiger partial charge in [-0.1, -0.05) is 30.3 Å². The highest BCUT2D eigenvalue weighted by atomic mass is 35.7. The van der Waals surface area contributed by atoms with Gasteiger partial charge in [-0.2, -0.15) is 0 Å². The molecule has 1 heterocycles. The summed E-state index contributed by atoms with van der Waals surface area (Å²) in [6.45, 7) is 0.0751. The van der Waals surface area contributed by atoms with E-state index in [1.165, 1.54) is 6.07 Å². The average molecular weight is 377 g/mol. The van der Waals surface area contributed by atoms with Crippen LogP contribution in [0.3, 0.4) is 0 Å². The lowest BCUT2D eigenvalue weighted by Gasteiger charge is -2.11. The van der Waals surface area contributed by atoms with Crippen LogP contribution in [0.4, 0.5) is 10.5 Å². The summed E-state index contributed by atoms with van der Waals surface area (Å²) in [5.41, 5.74) is 1.18. The van der Waals surface area contributed by atoms with Crippen molar-refractivity contribution in [2.24, 2.45) is 0 Å². The van der Waals surface area contributed by atoms with Crippen LogP contribution in [0, 0.1) is 0 Å². The van der Waals surface area contributed by atoms with Gasteiger partial charge in [-0.05, 0) is 18.2 Å². The number of nitrogens with one attached hydrogen (secondary N) is 1. The van der Waals surface area contributed by atoms with Gasteiger partial charge in [-0.3, -0.25) is 10.3 Å². The molecule has 0 aliphatic heterocycles. The normalized spacial score (nSPS) is 11.2. The van der Waals surface area contributed by atoms with Crippen LogP contribution in [0.2, 0.25) is 0 Å². The third-order valence-corrected chi connectivity index (χ3v) is 4.85.